The van der Waals surface area contributed by atoms with E-state index in [-0.39, 0.29) is 10.6 Å². The van der Waals surface area contributed by atoms with Crippen molar-refractivity contribution < 1.29 is 13.3 Å². The summed E-state index contributed by atoms with van der Waals surface area (Å²) in [7, 11) is -3.55. The molecule has 2 heterocycles. The van der Waals surface area contributed by atoms with Gasteiger partial charge >= 0.3 is 0 Å². The van der Waals surface area contributed by atoms with Crippen LogP contribution in [0.5, 0.6) is 0 Å². The van der Waals surface area contributed by atoms with E-state index in [9.17, 15) is 18.5 Å². The topological polar surface area (TPSA) is 93.4 Å². The summed E-state index contributed by atoms with van der Waals surface area (Å²) in [6, 6.07) is 10.4. The highest BCUT2D eigenvalue weighted by Crippen LogP contribution is 2.34. The van der Waals surface area contributed by atoms with Crippen molar-refractivity contribution in [2.75, 3.05) is 18.0 Å². The first-order chi connectivity index (χ1) is 14.8. The molecule has 4 rings (SSSR count). The monoisotopic (exact) mass is 497 g/mol. The Bertz CT molecular complexity index is 1220. The molecule has 0 radical (unpaired) electrons. The number of aromatic nitrogens is 1. The van der Waals surface area contributed by atoms with Crippen molar-refractivity contribution in [3.8, 4) is 11.3 Å². The van der Waals surface area contributed by atoms with Crippen molar-refractivity contribution >= 4 is 55.2 Å². The minimum atomic E-state index is -3.55. The molecule has 0 aliphatic carbocycles. The lowest BCUT2D eigenvalue weighted by atomic mass is 10.1. The number of sulfone groups is 1. The van der Waals surface area contributed by atoms with Gasteiger partial charge in [-0.2, -0.15) is 0 Å². The SMILES string of the molecule is O=[N+]([O-])c1ccc(S(=O)(=O)C2CCN(c3nc(-c4ccc(Cl)c(Cl)c4)cs3)CC2)cc1. The smallest absolute Gasteiger partial charge is 0.269 e. The Kier molecular flexibility index (Phi) is 6.20. The number of piperidine rings is 1. The molecule has 1 saturated heterocycles. The average Bonchev–Trinajstić information content (AvgIpc) is 3.26. The second kappa shape index (κ2) is 8.74. The van der Waals surface area contributed by atoms with Gasteiger partial charge in [0.2, 0.25) is 0 Å². The molecule has 1 aromatic heterocycles. The van der Waals surface area contributed by atoms with Gasteiger partial charge in [-0.15, -0.1) is 11.3 Å². The van der Waals surface area contributed by atoms with Crippen LogP contribution in [0, 0.1) is 10.1 Å². The highest BCUT2D eigenvalue weighted by atomic mass is 35.5. The van der Waals surface area contributed by atoms with Crippen LogP contribution in [0.4, 0.5) is 10.8 Å². The summed E-state index contributed by atoms with van der Waals surface area (Å²) in [6.45, 7) is 1.12. The molecule has 162 valence electrons. The minimum absolute atomic E-state index is 0.118. The van der Waals surface area contributed by atoms with E-state index in [0.717, 1.165) is 16.4 Å². The van der Waals surface area contributed by atoms with E-state index in [1.54, 1.807) is 12.1 Å². The molecule has 3 aromatic rings. The van der Waals surface area contributed by atoms with Gasteiger partial charge in [-0.25, -0.2) is 13.4 Å². The Morgan fingerprint density at radius 2 is 1.74 bits per heavy atom. The van der Waals surface area contributed by atoms with Crippen LogP contribution < -0.4 is 4.90 Å². The number of rotatable bonds is 5. The van der Waals surface area contributed by atoms with Crippen LogP contribution in [0.15, 0.2) is 52.7 Å². The van der Waals surface area contributed by atoms with Gasteiger partial charge in [0.15, 0.2) is 15.0 Å². The molecule has 0 amide bonds. The molecule has 1 aliphatic rings. The van der Waals surface area contributed by atoms with Crippen LogP contribution in [0.3, 0.4) is 0 Å². The fourth-order valence-corrected chi connectivity index (χ4v) is 6.42. The predicted molar refractivity (Wildman–Crippen MR) is 123 cm³/mol. The van der Waals surface area contributed by atoms with E-state index in [2.05, 4.69) is 9.88 Å². The molecule has 1 fully saturated rings. The second-order valence-corrected chi connectivity index (χ2v) is 11.0. The lowest BCUT2D eigenvalue weighted by molar-refractivity contribution is -0.384. The minimum Gasteiger partial charge on any atom is -0.348 e. The van der Waals surface area contributed by atoms with Crippen molar-refractivity contribution in [2.45, 2.75) is 23.0 Å². The maximum absolute atomic E-state index is 12.9. The first-order valence-corrected chi connectivity index (χ1v) is 12.6. The summed E-state index contributed by atoms with van der Waals surface area (Å²) in [6.07, 6.45) is 0.919. The zero-order valence-corrected chi connectivity index (χ0v) is 19.2. The molecule has 11 heteroatoms. The van der Waals surface area contributed by atoms with Gasteiger partial charge in [-0.3, -0.25) is 10.1 Å². The van der Waals surface area contributed by atoms with Gasteiger partial charge in [0.25, 0.3) is 5.69 Å². The second-order valence-electron chi connectivity index (χ2n) is 7.13. The van der Waals surface area contributed by atoms with Crippen LogP contribution in [-0.4, -0.2) is 36.7 Å². The van der Waals surface area contributed by atoms with Crippen LogP contribution in [-0.2, 0) is 9.84 Å². The summed E-state index contributed by atoms with van der Waals surface area (Å²) in [5, 5.41) is 14.0. The van der Waals surface area contributed by atoms with E-state index >= 15 is 0 Å². The third kappa shape index (κ3) is 4.55. The van der Waals surface area contributed by atoms with E-state index < -0.39 is 20.0 Å². The Balaban J connectivity index is 1.44. The summed E-state index contributed by atoms with van der Waals surface area (Å²) >= 11 is 13.6. The predicted octanol–water partition coefficient (Wildman–Crippen LogP) is 5.47. The highest BCUT2D eigenvalue weighted by Gasteiger charge is 2.32. The van der Waals surface area contributed by atoms with Crippen molar-refractivity contribution in [3.63, 3.8) is 0 Å². The molecular weight excluding hydrogens is 481 g/mol. The molecule has 2 aromatic carbocycles. The van der Waals surface area contributed by atoms with Crippen molar-refractivity contribution in [3.05, 3.63) is 68.0 Å². The molecule has 0 saturated carbocycles. The molecular formula is C20H17Cl2N3O4S2. The quantitative estimate of drug-likeness (QED) is 0.342. The molecule has 7 nitrogen and oxygen atoms in total. The Hall–Kier alpha value is -2.20. The lowest BCUT2D eigenvalue weighted by Crippen LogP contribution is -2.39. The molecule has 0 N–H and O–H groups in total. The number of hydrogen-bond acceptors (Lipinski definition) is 7. The summed E-state index contributed by atoms with van der Waals surface area (Å²) in [4.78, 5) is 17.1. The van der Waals surface area contributed by atoms with Gasteiger partial charge in [0, 0.05) is 36.2 Å². The summed E-state index contributed by atoms with van der Waals surface area (Å²) in [5.74, 6) is 0. The van der Waals surface area contributed by atoms with Crippen molar-refractivity contribution in [1.82, 2.24) is 4.98 Å². The zero-order chi connectivity index (χ0) is 22.2. The maximum Gasteiger partial charge on any atom is 0.269 e. The standard InChI is InChI=1S/C20H17Cl2N3O4S2/c21-17-6-1-13(11-18(17)22)19-12-30-20(23-19)24-9-7-16(8-10-24)31(28,29)15-4-2-14(3-5-15)25(26)27/h1-6,11-12,16H,7-10H2. The molecule has 0 atom stereocenters. The van der Waals surface area contributed by atoms with E-state index in [0.29, 0.717) is 36.0 Å². The van der Waals surface area contributed by atoms with Crippen LogP contribution in [0.1, 0.15) is 12.8 Å². The maximum atomic E-state index is 12.9. The summed E-state index contributed by atoms with van der Waals surface area (Å²) in [5.41, 5.74) is 1.53. The van der Waals surface area contributed by atoms with Crippen LogP contribution >= 0.6 is 34.5 Å². The molecule has 0 bridgehead atoms. The van der Waals surface area contributed by atoms with Crippen LogP contribution in [0.2, 0.25) is 10.0 Å². The van der Waals surface area contributed by atoms with Gasteiger partial charge in [-0.1, -0.05) is 29.3 Å². The number of nitrogens with zero attached hydrogens (tertiary/aromatic N) is 3. The molecule has 0 unspecified atom stereocenters. The molecule has 1 aliphatic heterocycles. The van der Waals surface area contributed by atoms with Crippen LogP contribution in [0.25, 0.3) is 11.3 Å². The first kappa shape index (κ1) is 22.0. The third-order valence-corrected chi connectivity index (χ3v) is 9.15. The Labute approximate surface area is 193 Å². The molecule has 0 spiro atoms. The number of anilines is 1. The van der Waals surface area contributed by atoms with E-state index in [4.69, 9.17) is 23.2 Å². The van der Waals surface area contributed by atoms with Crippen molar-refractivity contribution in [2.24, 2.45) is 0 Å². The number of nitro groups is 1. The number of thiazole rings is 1. The van der Waals surface area contributed by atoms with Gasteiger partial charge in [-0.05, 0) is 37.1 Å². The zero-order valence-electron chi connectivity index (χ0n) is 16.1. The number of hydrogen-bond donors (Lipinski definition) is 0. The Morgan fingerprint density at radius 3 is 2.35 bits per heavy atom. The molecule has 31 heavy (non-hydrogen) atoms. The van der Waals surface area contributed by atoms with Gasteiger partial charge < -0.3 is 4.90 Å². The fourth-order valence-electron chi connectivity index (χ4n) is 3.50. The van der Waals surface area contributed by atoms with Gasteiger partial charge in [0.1, 0.15) is 0 Å². The first-order valence-electron chi connectivity index (χ1n) is 9.40. The fraction of sp³-hybridized carbons (Fsp3) is 0.250. The average molecular weight is 498 g/mol. The van der Waals surface area contributed by atoms with E-state index in [1.165, 1.54) is 35.6 Å². The number of halogens is 2. The Morgan fingerprint density at radius 1 is 1.06 bits per heavy atom. The summed E-state index contributed by atoms with van der Waals surface area (Å²) < 4.78 is 25.9. The number of non-ortho nitro benzene ring substituents is 1. The lowest BCUT2D eigenvalue weighted by Gasteiger charge is -2.31. The number of benzene rings is 2. The van der Waals surface area contributed by atoms with Crippen molar-refractivity contribution in [1.29, 1.82) is 0 Å². The van der Waals surface area contributed by atoms with E-state index in [1.807, 2.05) is 11.4 Å². The number of nitro benzene ring substituents is 1. The van der Waals surface area contributed by atoms with Gasteiger partial charge in [0.05, 0.1) is 30.8 Å². The third-order valence-electron chi connectivity index (χ3n) is 5.23. The largest absolute Gasteiger partial charge is 0.348 e. The normalized spacial score (nSPS) is 15.2. The highest BCUT2D eigenvalue weighted by molar-refractivity contribution is 7.92.